The highest BCUT2D eigenvalue weighted by Crippen LogP contribution is 2.37. The molecule has 3 atom stereocenters. The lowest BCUT2D eigenvalue weighted by molar-refractivity contribution is -0.130. The number of hydrogen-bond donors (Lipinski definition) is 9. The molecule has 3 amide bonds. The fraction of sp³-hybridized carbons (Fsp3) is 0.312. The number of anilines is 6. The predicted molar refractivity (Wildman–Crippen MR) is 492 cm³/mol. The topological polar surface area (TPSA) is 447 Å². The molecule has 0 saturated carbocycles. The van der Waals surface area contributed by atoms with E-state index in [0.29, 0.717) is 205 Å². The number of amides is 3. The van der Waals surface area contributed by atoms with E-state index >= 15 is 0 Å². The maximum atomic E-state index is 14.5. The summed E-state index contributed by atoms with van der Waals surface area (Å²) in [5.41, 5.74) is 14.6. The molecule has 660 valence electrons. The van der Waals surface area contributed by atoms with Crippen molar-refractivity contribution in [1.29, 1.82) is 15.8 Å². The second kappa shape index (κ2) is 41.7. The first kappa shape index (κ1) is 91.5. The van der Waals surface area contributed by atoms with Gasteiger partial charge in [0.2, 0.25) is 11.8 Å². The molecule has 0 bridgehead atoms. The number of carbonyl (C=O) groups is 3. The normalized spacial score (nSPS) is 13.4. The Hall–Kier alpha value is -15.2. The number of benzene rings is 7. The number of hydrogen-bond acceptors (Lipinski definition) is 27. The molecule has 2 aliphatic heterocycles. The lowest BCUT2D eigenvalue weighted by Gasteiger charge is -2.34. The summed E-state index contributed by atoms with van der Waals surface area (Å²) >= 11 is 0. The third-order valence-electron chi connectivity index (χ3n) is 23.3. The predicted octanol–water partition coefficient (Wildman–Crippen LogP) is 14.1. The molecule has 7 aromatic carbocycles. The number of nitrogens with one attached hydrogen (secondary N) is 6. The Labute approximate surface area is 744 Å². The number of aryl methyl sites for hydroxylation is 6. The monoisotopic (exact) mass is 1730 g/mol. The summed E-state index contributed by atoms with van der Waals surface area (Å²) in [6.07, 6.45) is 6.30. The molecule has 15 rings (SSSR count). The maximum Gasteiger partial charge on any atom is 0.274 e. The summed E-state index contributed by atoms with van der Waals surface area (Å²) in [6, 6.07) is 57.5. The largest absolute Gasteiger partial charge is 0.371 e. The van der Waals surface area contributed by atoms with Gasteiger partial charge in [0.15, 0.2) is 0 Å². The highest BCUT2D eigenvalue weighted by atomic mass is 16.5. The third-order valence-corrected chi connectivity index (χ3v) is 23.3. The molecule has 13 aromatic rings. The Morgan fingerprint density at radius 3 is 1.15 bits per heavy atom. The smallest absolute Gasteiger partial charge is 0.274 e. The fourth-order valence-corrected chi connectivity index (χ4v) is 16.8. The van der Waals surface area contributed by atoms with Gasteiger partial charge in [-0.05, 0) is 195 Å². The van der Waals surface area contributed by atoms with Gasteiger partial charge >= 0.3 is 0 Å². The highest BCUT2D eigenvalue weighted by Gasteiger charge is 2.32. The minimum absolute atomic E-state index is 0.165. The maximum absolute atomic E-state index is 14.5. The van der Waals surface area contributed by atoms with Crippen LogP contribution in [0.2, 0.25) is 0 Å². The van der Waals surface area contributed by atoms with E-state index < -0.39 is 24.0 Å². The zero-order chi connectivity index (χ0) is 91.7. The summed E-state index contributed by atoms with van der Waals surface area (Å²) in [5.74, 6) is 3.59. The van der Waals surface area contributed by atoms with Crippen LogP contribution in [-0.2, 0) is 16.1 Å². The molecule has 0 spiro atoms. The van der Waals surface area contributed by atoms with Gasteiger partial charge < -0.3 is 30.7 Å². The lowest BCUT2D eigenvalue weighted by Crippen LogP contribution is -2.37. The standard InChI is InChI=1S/C33H32N8O3.C32H36N8O3.C31H34N8O3/c1-5-26(37-30-25(18-34)20(2)35-21(3)36-30)31-38-27-12-9-13-28(29(27)33(43)41(31)24-10-7-6-8-11-24)40(4)19-22-14-16-23(17-15-22)32(42)39-44;1-4-25(36-30-24(19-33)20(2)34-21(3)35-30)31-37-26-11-8-12-27(29(26)32(42)40(31)23-9-6-5-7-10-23)39-17-15-22(16-18-39)13-14-28(41)38-43;1-4-24(35-29-23(18-32)19(2)33-20(3)34-29)30-36-25-11-8-12-26(38-15-13-21(14-16-38)17-27(40)37-42)28(25)31(41)39(30)22-9-6-5-7-10-22/h6-17,26,44H,5,19H2,1-4H3,(H,39,42)(H,35,36,37);5-12,22,25,43H,4,13-18H2,1-3H3,(H,38,41)(H,34,35,36);5-12,21,24,42H,4,13-17H2,1-3H3,(H,37,40)(H,33,34,35)/t26-;25-;24-/m000/s1. The zero-order valence-corrected chi connectivity index (χ0v) is 73.5. The number of hydroxylamine groups is 3. The van der Waals surface area contributed by atoms with E-state index in [-0.39, 0.29) is 40.8 Å². The Kier molecular flexibility index (Phi) is 29.6. The van der Waals surface area contributed by atoms with Crippen molar-refractivity contribution in [3.05, 3.63) is 281 Å². The van der Waals surface area contributed by atoms with Gasteiger partial charge in [-0.2, -0.15) is 15.8 Å². The van der Waals surface area contributed by atoms with Gasteiger partial charge in [-0.1, -0.05) is 106 Å². The Balaban J connectivity index is 0.000000165. The van der Waals surface area contributed by atoms with Crippen molar-refractivity contribution in [2.75, 3.05) is 63.9 Å². The quantitative estimate of drug-likeness (QED) is 0.0180. The molecule has 33 nitrogen and oxygen atoms in total. The van der Waals surface area contributed by atoms with E-state index in [1.807, 2.05) is 178 Å². The van der Waals surface area contributed by atoms with E-state index in [0.717, 1.165) is 55.7 Å². The number of fused-ring (bicyclic) bond motifs is 3. The fourth-order valence-electron chi connectivity index (χ4n) is 16.8. The van der Waals surface area contributed by atoms with Crippen molar-refractivity contribution in [3.8, 4) is 35.3 Å². The SMILES string of the molecule is CC[C@H](Nc1nc(C)nc(C)c1C#N)c1nc2cccc(N(C)Cc3ccc(C(=O)NO)cc3)c2c(=O)n1-c1ccccc1.CC[C@H](Nc1nc(C)nc(C)c1C#N)c1nc2cccc(N3CCC(CC(=O)NO)CC3)c2c(=O)n1-c1ccccc1.CC[C@H](Nc1nc(C)nc(C)c1C#N)c1nc2cccc(N3CCC(CCC(=O)NO)CC3)c2c(=O)n1-c1ccccc1. The minimum atomic E-state index is -0.587. The van der Waals surface area contributed by atoms with Crippen molar-refractivity contribution in [2.45, 2.75) is 151 Å². The van der Waals surface area contributed by atoms with Crippen LogP contribution in [0.1, 0.15) is 188 Å². The molecule has 6 aromatic heterocycles. The molecule has 8 heterocycles. The summed E-state index contributed by atoms with van der Waals surface area (Å²) in [4.78, 5) is 126. The summed E-state index contributed by atoms with van der Waals surface area (Å²) in [6.45, 7) is 19.9. The van der Waals surface area contributed by atoms with E-state index in [1.165, 1.54) is 0 Å². The number of rotatable bonds is 26. The molecular weight excluding hydrogens is 1630 g/mol. The number of nitrogens with zero attached hydrogens (tertiary/aromatic N) is 18. The summed E-state index contributed by atoms with van der Waals surface area (Å²) < 4.78 is 4.94. The van der Waals surface area contributed by atoms with Gasteiger partial charge in [-0.3, -0.25) is 58.1 Å². The van der Waals surface area contributed by atoms with Crippen LogP contribution in [0.25, 0.3) is 49.8 Å². The Morgan fingerprint density at radius 1 is 0.434 bits per heavy atom. The first-order chi connectivity index (χ1) is 62.4. The number of nitriles is 3. The van der Waals surface area contributed by atoms with Crippen molar-refractivity contribution in [1.82, 2.24) is 75.0 Å². The first-order valence-corrected chi connectivity index (χ1v) is 42.9. The molecule has 129 heavy (non-hydrogen) atoms. The number of para-hydroxylation sites is 3. The van der Waals surface area contributed by atoms with Crippen molar-refractivity contribution >= 4 is 84.9 Å². The van der Waals surface area contributed by atoms with Gasteiger partial charge in [-0.15, -0.1) is 0 Å². The van der Waals surface area contributed by atoms with E-state index in [2.05, 4.69) is 73.9 Å². The molecular formula is C96H102N24O9. The molecule has 33 heteroatoms. The molecule has 0 aliphatic carbocycles. The van der Waals surface area contributed by atoms with Crippen molar-refractivity contribution < 1.29 is 30.0 Å². The lowest BCUT2D eigenvalue weighted by atomic mass is 9.91. The zero-order valence-electron chi connectivity index (χ0n) is 73.5. The van der Waals surface area contributed by atoms with Gasteiger partial charge in [0.05, 0.1) is 102 Å². The van der Waals surface area contributed by atoms with Crippen LogP contribution in [-0.4, -0.2) is 125 Å². The van der Waals surface area contributed by atoms with Crippen LogP contribution in [0.5, 0.6) is 0 Å². The Morgan fingerprint density at radius 2 is 0.791 bits per heavy atom. The number of aromatic nitrogens is 12. The molecule has 0 unspecified atom stereocenters. The number of piperidine rings is 2. The van der Waals surface area contributed by atoms with Gasteiger partial charge in [0, 0.05) is 58.2 Å². The number of carbonyl (C=O) groups excluding carboxylic acids is 3. The molecule has 2 fully saturated rings. The Bertz CT molecular complexity index is 6620. The van der Waals surface area contributed by atoms with Crippen LogP contribution < -0.4 is 63.8 Å². The van der Waals surface area contributed by atoms with Gasteiger partial charge in [-0.25, -0.2) is 61.3 Å². The minimum Gasteiger partial charge on any atom is -0.371 e. The van der Waals surface area contributed by atoms with Crippen LogP contribution in [0, 0.1) is 87.4 Å². The average molecular weight is 1740 g/mol. The molecule has 2 saturated heterocycles. The van der Waals surface area contributed by atoms with Crippen molar-refractivity contribution in [2.24, 2.45) is 11.8 Å². The van der Waals surface area contributed by atoms with E-state index in [1.54, 1.807) is 95.9 Å². The van der Waals surface area contributed by atoms with Crippen LogP contribution in [0.15, 0.2) is 184 Å². The summed E-state index contributed by atoms with van der Waals surface area (Å²) in [5, 5.41) is 67.8. The van der Waals surface area contributed by atoms with Gasteiger partial charge in [0.1, 0.15) is 87.3 Å². The van der Waals surface area contributed by atoms with Crippen LogP contribution in [0.3, 0.4) is 0 Å². The van der Waals surface area contributed by atoms with Crippen molar-refractivity contribution in [3.63, 3.8) is 0 Å². The first-order valence-electron chi connectivity index (χ1n) is 42.9. The van der Waals surface area contributed by atoms with Gasteiger partial charge in [0.25, 0.3) is 22.6 Å². The van der Waals surface area contributed by atoms with E-state index in [9.17, 15) is 44.6 Å². The molecule has 2 aliphatic rings. The summed E-state index contributed by atoms with van der Waals surface area (Å²) in [7, 11) is 1.89. The third kappa shape index (κ3) is 20.5. The molecule has 0 radical (unpaired) electrons. The highest BCUT2D eigenvalue weighted by molar-refractivity contribution is 5.95. The van der Waals surface area contributed by atoms with Crippen LogP contribution >= 0.6 is 0 Å². The van der Waals surface area contributed by atoms with Crippen LogP contribution in [0.4, 0.5) is 34.5 Å². The average Bonchev–Trinajstić information content (AvgIpc) is 0.756. The van der Waals surface area contributed by atoms with E-state index in [4.69, 9.17) is 30.6 Å². The second-order valence-electron chi connectivity index (χ2n) is 31.9. The molecule has 9 N–H and O–H groups in total. The second-order valence-corrected chi connectivity index (χ2v) is 31.9.